The average Bonchev–Trinajstić information content (AvgIpc) is 3.10. The first-order valence-electron chi connectivity index (χ1n) is 10.2. The Labute approximate surface area is 196 Å². The number of rotatable bonds is 5. The van der Waals surface area contributed by atoms with Gasteiger partial charge < -0.3 is 14.6 Å². The molecule has 0 unspecified atom stereocenters. The van der Waals surface area contributed by atoms with Gasteiger partial charge in [-0.2, -0.15) is 0 Å². The van der Waals surface area contributed by atoms with Crippen LogP contribution in [0, 0.1) is 6.92 Å². The molecule has 0 radical (unpaired) electrons. The molecule has 7 heteroatoms. The van der Waals surface area contributed by atoms with Crippen molar-refractivity contribution in [3.8, 4) is 11.5 Å². The van der Waals surface area contributed by atoms with Gasteiger partial charge in [0.25, 0.3) is 11.7 Å². The molecular weight excluding hydrogens is 442 g/mol. The van der Waals surface area contributed by atoms with E-state index in [0.29, 0.717) is 33.3 Å². The monoisotopic (exact) mass is 463 g/mol. The van der Waals surface area contributed by atoms with E-state index in [1.54, 1.807) is 66.7 Å². The number of hydrogen-bond donors (Lipinski definition) is 1. The Hall–Kier alpha value is -3.77. The van der Waals surface area contributed by atoms with Crippen molar-refractivity contribution in [2.45, 2.75) is 13.0 Å². The number of methoxy groups -OCH3 is 2. The zero-order chi connectivity index (χ0) is 23.7. The van der Waals surface area contributed by atoms with Crippen LogP contribution in [-0.4, -0.2) is 31.0 Å². The van der Waals surface area contributed by atoms with E-state index >= 15 is 0 Å². The number of anilines is 1. The minimum atomic E-state index is -0.899. The number of amides is 1. The van der Waals surface area contributed by atoms with Crippen molar-refractivity contribution in [1.29, 1.82) is 0 Å². The zero-order valence-electron chi connectivity index (χ0n) is 18.3. The van der Waals surface area contributed by atoms with Crippen LogP contribution in [0.15, 0.2) is 72.3 Å². The van der Waals surface area contributed by atoms with Gasteiger partial charge in [0.1, 0.15) is 5.76 Å². The van der Waals surface area contributed by atoms with Crippen LogP contribution in [0.5, 0.6) is 11.5 Å². The number of benzene rings is 3. The van der Waals surface area contributed by atoms with Gasteiger partial charge in [-0.1, -0.05) is 54.1 Å². The summed E-state index contributed by atoms with van der Waals surface area (Å²) in [6.07, 6.45) is 0. The van der Waals surface area contributed by atoms with Crippen molar-refractivity contribution in [1.82, 2.24) is 0 Å². The zero-order valence-corrected chi connectivity index (χ0v) is 19.1. The van der Waals surface area contributed by atoms with E-state index in [4.69, 9.17) is 21.1 Å². The number of ether oxygens (including phenoxy) is 2. The van der Waals surface area contributed by atoms with Crippen LogP contribution in [0.25, 0.3) is 5.76 Å². The molecule has 33 heavy (non-hydrogen) atoms. The summed E-state index contributed by atoms with van der Waals surface area (Å²) in [5, 5.41) is 11.6. The number of aryl methyl sites for hydroxylation is 1. The van der Waals surface area contributed by atoms with Crippen LogP contribution >= 0.6 is 11.6 Å². The maximum Gasteiger partial charge on any atom is 0.300 e. The Morgan fingerprint density at radius 3 is 2.27 bits per heavy atom. The predicted octanol–water partition coefficient (Wildman–Crippen LogP) is 5.29. The van der Waals surface area contributed by atoms with Gasteiger partial charge in [-0.25, -0.2) is 0 Å². The molecule has 1 fully saturated rings. The van der Waals surface area contributed by atoms with Crippen molar-refractivity contribution < 1.29 is 24.2 Å². The largest absolute Gasteiger partial charge is 0.507 e. The maximum absolute atomic E-state index is 13.2. The summed E-state index contributed by atoms with van der Waals surface area (Å²) >= 11 is 6.33. The number of carbonyl (C=O) groups excluding carboxylic acids is 2. The number of Topliss-reactive ketones (excluding diaryl/α,β-unsaturated/α-hetero) is 1. The number of halogens is 1. The smallest absolute Gasteiger partial charge is 0.300 e. The van der Waals surface area contributed by atoms with Crippen LogP contribution in [-0.2, 0) is 9.59 Å². The van der Waals surface area contributed by atoms with Crippen molar-refractivity contribution in [3.63, 3.8) is 0 Å². The number of hydrogen-bond acceptors (Lipinski definition) is 5. The van der Waals surface area contributed by atoms with E-state index < -0.39 is 17.7 Å². The molecule has 1 saturated heterocycles. The Kier molecular flexibility index (Phi) is 6.11. The second-order valence-corrected chi connectivity index (χ2v) is 7.99. The highest BCUT2D eigenvalue weighted by molar-refractivity contribution is 6.51. The van der Waals surface area contributed by atoms with Crippen molar-refractivity contribution in [2.75, 3.05) is 19.1 Å². The molecule has 4 rings (SSSR count). The molecule has 1 atom stereocenters. The fourth-order valence-corrected chi connectivity index (χ4v) is 4.10. The summed E-state index contributed by atoms with van der Waals surface area (Å²) < 4.78 is 10.8. The van der Waals surface area contributed by atoms with Crippen LogP contribution in [0.4, 0.5) is 5.69 Å². The first-order valence-corrected chi connectivity index (χ1v) is 10.6. The van der Waals surface area contributed by atoms with Crippen molar-refractivity contribution in [3.05, 3.63) is 94.0 Å². The number of aliphatic hydroxyl groups is 1. The van der Waals surface area contributed by atoms with Gasteiger partial charge in [-0.05, 0) is 42.3 Å². The van der Waals surface area contributed by atoms with Crippen molar-refractivity contribution in [2.24, 2.45) is 0 Å². The maximum atomic E-state index is 13.2. The van der Waals surface area contributed by atoms with Crippen LogP contribution < -0.4 is 14.4 Å². The second-order valence-electron chi connectivity index (χ2n) is 7.58. The molecule has 168 valence electrons. The van der Waals surface area contributed by atoms with Gasteiger partial charge in [0.05, 0.1) is 25.8 Å². The van der Waals surface area contributed by atoms with E-state index in [1.807, 2.05) is 6.92 Å². The lowest BCUT2D eigenvalue weighted by molar-refractivity contribution is -0.132. The highest BCUT2D eigenvalue weighted by atomic mass is 35.5. The lowest BCUT2D eigenvalue weighted by Gasteiger charge is -2.26. The summed E-state index contributed by atoms with van der Waals surface area (Å²) in [4.78, 5) is 27.8. The quantitative estimate of drug-likeness (QED) is 0.316. The molecule has 3 aromatic carbocycles. The first kappa shape index (κ1) is 22.4. The molecule has 3 aromatic rings. The van der Waals surface area contributed by atoms with E-state index in [2.05, 4.69) is 0 Å². The van der Waals surface area contributed by atoms with Crippen LogP contribution in [0.2, 0.25) is 5.02 Å². The van der Waals surface area contributed by atoms with Gasteiger partial charge in [0.15, 0.2) is 11.5 Å². The minimum Gasteiger partial charge on any atom is -0.507 e. The fourth-order valence-electron chi connectivity index (χ4n) is 3.92. The topological polar surface area (TPSA) is 76.1 Å². The van der Waals surface area contributed by atoms with Gasteiger partial charge >= 0.3 is 0 Å². The Morgan fingerprint density at radius 1 is 0.939 bits per heavy atom. The predicted molar refractivity (Wildman–Crippen MR) is 127 cm³/mol. The molecule has 0 saturated carbocycles. The third kappa shape index (κ3) is 3.94. The van der Waals surface area contributed by atoms with Crippen LogP contribution in [0.3, 0.4) is 0 Å². The molecule has 6 nitrogen and oxygen atoms in total. The number of carbonyl (C=O) groups is 2. The number of nitrogens with zero attached hydrogens (tertiary/aromatic N) is 1. The van der Waals surface area contributed by atoms with Gasteiger partial charge in [-0.3, -0.25) is 14.5 Å². The summed E-state index contributed by atoms with van der Waals surface area (Å²) in [7, 11) is 3.02. The van der Waals surface area contributed by atoms with Gasteiger partial charge in [0.2, 0.25) is 0 Å². The average molecular weight is 464 g/mol. The van der Waals surface area contributed by atoms with Gasteiger partial charge in [0, 0.05) is 16.3 Å². The highest BCUT2D eigenvalue weighted by Gasteiger charge is 2.47. The molecule has 0 bridgehead atoms. The summed E-state index contributed by atoms with van der Waals surface area (Å²) in [6, 6.07) is 18.0. The normalized spacial score (nSPS) is 17.3. The van der Waals surface area contributed by atoms with Crippen molar-refractivity contribution >= 4 is 34.7 Å². The summed E-state index contributed by atoms with van der Waals surface area (Å²) in [6.45, 7) is 1.85. The summed E-state index contributed by atoms with van der Waals surface area (Å²) in [5.41, 5.74) is 2.27. The Morgan fingerprint density at radius 2 is 1.64 bits per heavy atom. The minimum absolute atomic E-state index is 0.0184. The lowest BCUT2D eigenvalue weighted by atomic mass is 9.94. The molecule has 0 aliphatic carbocycles. The second kappa shape index (κ2) is 9.00. The molecule has 1 N–H and O–H groups in total. The molecule has 1 heterocycles. The first-order chi connectivity index (χ1) is 15.9. The van der Waals surface area contributed by atoms with E-state index in [-0.39, 0.29) is 11.3 Å². The molecule has 1 aliphatic rings. The number of ketones is 1. The SMILES string of the molecule is COc1ccc([C@@H]2C(=C(O)c3ccccc3)C(=O)C(=O)N2c2ccc(C)c(Cl)c2)cc1OC. The third-order valence-corrected chi connectivity index (χ3v) is 6.06. The number of aliphatic hydroxyl groups excluding tert-OH is 1. The van der Waals surface area contributed by atoms with E-state index in [9.17, 15) is 14.7 Å². The van der Waals surface area contributed by atoms with E-state index in [1.165, 1.54) is 19.1 Å². The molecule has 0 aromatic heterocycles. The standard InChI is InChI=1S/C26H22ClNO5/c1-15-9-11-18(14-19(15)27)28-23(17-10-12-20(32-2)21(13-17)33-3)22(25(30)26(28)31)24(29)16-7-5-4-6-8-16/h4-14,23,29H,1-3H3/t23-/m1/s1. The van der Waals surface area contributed by atoms with Crippen LogP contribution in [0.1, 0.15) is 22.7 Å². The molecule has 0 spiro atoms. The summed E-state index contributed by atoms with van der Waals surface area (Å²) in [5.74, 6) is -0.864. The fraction of sp³-hybridized carbons (Fsp3) is 0.154. The van der Waals surface area contributed by atoms with Gasteiger partial charge in [-0.15, -0.1) is 0 Å². The lowest BCUT2D eigenvalue weighted by Crippen LogP contribution is -2.29. The third-order valence-electron chi connectivity index (χ3n) is 5.65. The molecular formula is C26H22ClNO5. The molecule has 1 amide bonds. The Bertz CT molecular complexity index is 1270. The molecule has 1 aliphatic heterocycles. The van der Waals surface area contributed by atoms with E-state index in [0.717, 1.165) is 5.56 Å². The Balaban J connectivity index is 1.98. The highest BCUT2D eigenvalue weighted by Crippen LogP contribution is 2.44.